The van der Waals surface area contributed by atoms with Crippen molar-refractivity contribution in [2.24, 2.45) is 5.10 Å². The molecule has 0 aliphatic carbocycles. The molecule has 29 heavy (non-hydrogen) atoms. The van der Waals surface area contributed by atoms with Crippen LogP contribution in [0, 0.1) is 0 Å². The number of esters is 1. The highest BCUT2D eigenvalue weighted by Crippen LogP contribution is 2.23. The molecule has 1 N–H and O–H groups in total. The Balaban J connectivity index is 1.79. The summed E-state index contributed by atoms with van der Waals surface area (Å²) in [6, 6.07) is 19.0. The lowest BCUT2D eigenvalue weighted by Gasteiger charge is -2.08. The smallest absolute Gasteiger partial charge is 0.343 e. The van der Waals surface area contributed by atoms with Gasteiger partial charge in [0.1, 0.15) is 5.75 Å². The van der Waals surface area contributed by atoms with Gasteiger partial charge in [0.2, 0.25) is 0 Å². The monoisotopic (exact) mass is 492 g/mol. The predicted molar refractivity (Wildman–Crippen MR) is 115 cm³/mol. The number of halogens is 2. The summed E-state index contributed by atoms with van der Waals surface area (Å²) < 4.78 is 30.6. The van der Waals surface area contributed by atoms with Gasteiger partial charge in [-0.1, -0.05) is 45.7 Å². The van der Waals surface area contributed by atoms with E-state index in [0.29, 0.717) is 20.6 Å². The number of nitrogens with zero attached hydrogens (tertiary/aromatic N) is 1. The van der Waals surface area contributed by atoms with Crippen molar-refractivity contribution in [3.8, 4) is 5.75 Å². The highest BCUT2D eigenvalue weighted by Gasteiger charge is 2.13. The number of nitrogens with one attached hydrogen (secondary N) is 1. The number of hydrogen-bond donors (Lipinski definition) is 1. The van der Waals surface area contributed by atoms with Gasteiger partial charge in [0.25, 0.3) is 10.0 Å². The molecule has 9 heteroatoms. The zero-order valence-corrected chi connectivity index (χ0v) is 17.9. The molecule has 0 aromatic heterocycles. The average Bonchev–Trinajstić information content (AvgIpc) is 2.71. The second-order valence-corrected chi connectivity index (χ2v) is 8.76. The summed E-state index contributed by atoms with van der Waals surface area (Å²) in [5, 5.41) is 4.29. The number of ether oxygens (including phenoxy) is 1. The predicted octanol–water partition coefficient (Wildman–Crippen LogP) is 4.63. The van der Waals surface area contributed by atoms with Gasteiger partial charge < -0.3 is 4.74 Å². The first-order valence-electron chi connectivity index (χ1n) is 8.22. The fourth-order valence-corrected chi connectivity index (χ4v) is 3.59. The summed E-state index contributed by atoms with van der Waals surface area (Å²) in [7, 11) is -3.80. The minimum Gasteiger partial charge on any atom is -0.422 e. The van der Waals surface area contributed by atoms with Gasteiger partial charge in [-0.3, -0.25) is 0 Å². The Kier molecular flexibility index (Phi) is 6.68. The van der Waals surface area contributed by atoms with Crippen LogP contribution in [0.2, 0.25) is 5.02 Å². The molecule has 0 aliphatic heterocycles. The standard InChI is InChI=1S/C20H14BrClN2O4S/c21-16-8-11-19(28-20(25)14-6-9-17(22)10-7-14)15(12-16)13-23-24-29(26,27)18-4-2-1-3-5-18/h1-13,24H/b23-13-. The molecule has 0 bridgehead atoms. The fraction of sp³-hybridized carbons (Fsp3) is 0. The highest BCUT2D eigenvalue weighted by molar-refractivity contribution is 9.10. The summed E-state index contributed by atoms with van der Waals surface area (Å²) in [5.41, 5.74) is 0.724. The molecule has 0 radical (unpaired) electrons. The third kappa shape index (κ3) is 5.66. The second kappa shape index (κ2) is 9.21. The van der Waals surface area contributed by atoms with Gasteiger partial charge in [-0.05, 0) is 54.6 Å². The van der Waals surface area contributed by atoms with E-state index >= 15 is 0 Å². The van der Waals surface area contributed by atoms with E-state index in [-0.39, 0.29) is 10.6 Å². The van der Waals surface area contributed by atoms with E-state index in [1.165, 1.54) is 18.3 Å². The molecule has 3 rings (SSSR count). The van der Waals surface area contributed by atoms with Crippen LogP contribution in [-0.2, 0) is 10.0 Å². The SMILES string of the molecule is O=C(Oc1ccc(Br)cc1/C=N\NS(=O)(=O)c1ccccc1)c1ccc(Cl)cc1. The number of sulfonamides is 1. The van der Waals surface area contributed by atoms with Crippen molar-refractivity contribution in [2.75, 3.05) is 0 Å². The van der Waals surface area contributed by atoms with Crippen LogP contribution in [0.3, 0.4) is 0 Å². The molecule has 0 saturated heterocycles. The second-order valence-electron chi connectivity index (χ2n) is 5.74. The fourth-order valence-electron chi connectivity index (χ4n) is 2.28. The van der Waals surface area contributed by atoms with Gasteiger partial charge in [0.05, 0.1) is 16.7 Å². The van der Waals surface area contributed by atoms with Crippen molar-refractivity contribution in [3.63, 3.8) is 0 Å². The van der Waals surface area contributed by atoms with E-state index in [0.717, 1.165) is 0 Å². The van der Waals surface area contributed by atoms with Crippen LogP contribution >= 0.6 is 27.5 Å². The van der Waals surface area contributed by atoms with Crippen LogP contribution in [0.25, 0.3) is 0 Å². The van der Waals surface area contributed by atoms with Gasteiger partial charge in [-0.15, -0.1) is 0 Å². The average molecular weight is 494 g/mol. The molecule has 3 aromatic carbocycles. The molecule has 148 valence electrons. The van der Waals surface area contributed by atoms with Crippen molar-refractivity contribution >= 4 is 49.7 Å². The van der Waals surface area contributed by atoms with Crippen molar-refractivity contribution < 1.29 is 17.9 Å². The Morgan fingerprint density at radius 2 is 1.72 bits per heavy atom. The van der Waals surface area contributed by atoms with Crippen LogP contribution in [0.5, 0.6) is 5.75 Å². The third-order valence-electron chi connectivity index (χ3n) is 3.68. The molecule has 0 unspecified atom stereocenters. The van der Waals surface area contributed by atoms with Crippen molar-refractivity contribution in [1.82, 2.24) is 4.83 Å². The van der Waals surface area contributed by atoms with Crippen molar-refractivity contribution in [2.45, 2.75) is 4.90 Å². The van der Waals surface area contributed by atoms with E-state index in [1.807, 2.05) is 0 Å². The van der Waals surface area contributed by atoms with Crippen LogP contribution in [0.1, 0.15) is 15.9 Å². The third-order valence-corrected chi connectivity index (χ3v) is 5.67. The lowest BCUT2D eigenvalue weighted by molar-refractivity contribution is 0.0734. The largest absolute Gasteiger partial charge is 0.422 e. The number of rotatable bonds is 6. The quantitative estimate of drug-likeness (QED) is 0.235. The Bertz CT molecular complexity index is 1150. The van der Waals surface area contributed by atoms with Gasteiger partial charge >= 0.3 is 5.97 Å². The maximum Gasteiger partial charge on any atom is 0.343 e. The Hall–Kier alpha value is -2.68. The molecule has 0 atom stereocenters. The lowest BCUT2D eigenvalue weighted by Crippen LogP contribution is -2.18. The number of hydrogen-bond acceptors (Lipinski definition) is 5. The molecular weight excluding hydrogens is 480 g/mol. The first-order valence-corrected chi connectivity index (χ1v) is 10.9. The summed E-state index contributed by atoms with van der Waals surface area (Å²) in [6.45, 7) is 0. The highest BCUT2D eigenvalue weighted by atomic mass is 79.9. The molecule has 6 nitrogen and oxygen atoms in total. The van der Waals surface area contributed by atoms with E-state index in [2.05, 4.69) is 25.9 Å². The topological polar surface area (TPSA) is 84.8 Å². The zero-order valence-electron chi connectivity index (χ0n) is 14.7. The normalized spacial score (nSPS) is 11.4. The van der Waals surface area contributed by atoms with Gasteiger partial charge in [-0.25, -0.2) is 9.63 Å². The number of carbonyl (C=O) groups excluding carboxylic acids is 1. The van der Waals surface area contributed by atoms with E-state index in [1.54, 1.807) is 60.7 Å². The van der Waals surface area contributed by atoms with Gasteiger partial charge in [-0.2, -0.15) is 13.5 Å². The molecule has 3 aromatic rings. The number of hydrazone groups is 1. The zero-order chi connectivity index (χ0) is 20.9. The number of benzene rings is 3. The van der Waals surface area contributed by atoms with Crippen LogP contribution in [-0.4, -0.2) is 20.6 Å². The van der Waals surface area contributed by atoms with E-state index in [4.69, 9.17) is 16.3 Å². The van der Waals surface area contributed by atoms with Crippen molar-refractivity contribution in [3.05, 3.63) is 93.4 Å². The molecular formula is C20H14BrClN2O4S. The summed E-state index contributed by atoms with van der Waals surface area (Å²) in [4.78, 5) is 14.6. The Morgan fingerprint density at radius 3 is 2.41 bits per heavy atom. The molecule has 0 aliphatic rings. The summed E-state index contributed by atoms with van der Waals surface area (Å²) in [6.07, 6.45) is 1.26. The Labute approximate surface area is 181 Å². The summed E-state index contributed by atoms with van der Waals surface area (Å²) in [5.74, 6) is -0.362. The molecule has 0 spiro atoms. The maximum atomic E-state index is 12.3. The lowest BCUT2D eigenvalue weighted by atomic mass is 10.2. The van der Waals surface area contributed by atoms with Crippen LogP contribution < -0.4 is 9.57 Å². The Morgan fingerprint density at radius 1 is 1.03 bits per heavy atom. The van der Waals surface area contributed by atoms with Gasteiger partial charge in [0, 0.05) is 15.1 Å². The summed E-state index contributed by atoms with van der Waals surface area (Å²) >= 11 is 9.15. The van der Waals surface area contributed by atoms with Crippen LogP contribution in [0.15, 0.2) is 87.3 Å². The van der Waals surface area contributed by atoms with E-state index < -0.39 is 16.0 Å². The first-order chi connectivity index (χ1) is 13.8. The molecule has 0 fully saturated rings. The van der Waals surface area contributed by atoms with Crippen LogP contribution in [0.4, 0.5) is 0 Å². The first kappa shape index (κ1) is 21.0. The minimum absolute atomic E-state index is 0.0841. The molecule has 0 heterocycles. The van der Waals surface area contributed by atoms with Gasteiger partial charge in [0.15, 0.2) is 0 Å². The minimum atomic E-state index is -3.80. The maximum absolute atomic E-state index is 12.3. The molecule has 0 saturated carbocycles. The van der Waals surface area contributed by atoms with E-state index in [9.17, 15) is 13.2 Å². The van der Waals surface area contributed by atoms with Crippen molar-refractivity contribution in [1.29, 1.82) is 0 Å². The molecule has 0 amide bonds. The number of carbonyl (C=O) groups is 1.